The second-order valence-corrected chi connectivity index (χ2v) is 6.07. The van der Waals surface area contributed by atoms with Crippen LogP contribution in [0.3, 0.4) is 0 Å². The number of hydrogen-bond acceptors (Lipinski definition) is 3. The van der Waals surface area contributed by atoms with Crippen LogP contribution in [-0.2, 0) is 11.3 Å². The zero-order valence-electron chi connectivity index (χ0n) is 9.62. The van der Waals surface area contributed by atoms with Gasteiger partial charge in [0.2, 0.25) is 0 Å². The van der Waals surface area contributed by atoms with E-state index >= 15 is 0 Å². The van der Waals surface area contributed by atoms with Crippen molar-refractivity contribution in [3.8, 4) is 0 Å². The Morgan fingerprint density at radius 1 is 1.50 bits per heavy atom. The van der Waals surface area contributed by atoms with Gasteiger partial charge in [0.25, 0.3) is 0 Å². The molecule has 1 aromatic rings. The van der Waals surface area contributed by atoms with Gasteiger partial charge in [-0.15, -0.1) is 11.3 Å². The molecule has 0 N–H and O–H groups in total. The van der Waals surface area contributed by atoms with Gasteiger partial charge in [0.05, 0.1) is 6.10 Å². The summed E-state index contributed by atoms with van der Waals surface area (Å²) < 4.78 is 6.86. The summed E-state index contributed by atoms with van der Waals surface area (Å²) in [7, 11) is 0. The molecule has 0 aliphatic carbocycles. The third kappa shape index (κ3) is 3.55. The highest BCUT2D eigenvalue weighted by Crippen LogP contribution is 2.23. The summed E-state index contributed by atoms with van der Waals surface area (Å²) in [5, 5.41) is 2.16. The molecule has 1 aliphatic heterocycles. The molecule has 1 aliphatic rings. The molecule has 0 radical (unpaired) electrons. The predicted molar refractivity (Wildman–Crippen MR) is 71.9 cm³/mol. The number of rotatable bonds is 4. The van der Waals surface area contributed by atoms with E-state index in [1.807, 2.05) is 11.3 Å². The summed E-state index contributed by atoms with van der Waals surface area (Å²) in [6.07, 6.45) is 2.86. The maximum atomic E-state index is 5.65. The standard InChI is InChI=1S/C12H18BrNOS/c1-2-15-11-3-5-14(6-4-11)8-12-7-10(13)9-16-12/h7,9,11H,2-6,8H2,1H3. The molecule has 1 aromatic heterocycles. The van der Waals surface area contributed by atoms with Crippen molar-refractivity contribution in [1.29, 1.82) is 0 Å². The van der Waals surface area contributed by atoms with E-state index in [1.54, 1.807) is 0 Å². The molecule has 90 valence electrons. The molecule has 0 spiro atoms. The van der Waals surface area contributed by atoms with Crippen molar-refractivity contribution in [1.82, 2.24) is 4.90 Å². The normalized spacial score (nSPS) is 19.1. The lowest BCUT2D eigenvalue weighted by molar-refractivity contribution is 0.0127. The fourth-order valence-corrected chi connectivity index (χ4v) is 3.62. The lowest BCUT2D eigenvalue weighted by Crippen LogP contribution is -2.36. The molecule has 1 saturated heterocycles. The van der Waals surface area contributed by atoms with E-state index < -0.39 is 0 Å². The Morgan fingerprint density at radius 2 is 2.25 bits per heavy atom. The second kappa shape index (κ2) is 6.15. The van der Waals surface area contributed by atoms with Crippen molar-refractivity contribution in [2.24, 2.45) is 0 Å². The fourth-order valence-electron chi connectivity index (χ4n) is 2.13. The number of likely N-dealkylation sites (tertiary alicyclic amines) is 1. The zero-order chi connectivity index (χ0) is 11.4. The first-order valence-electron chi connectivity index (χ1n) is 5.85. The minimum atomic E-state index is 0.497. The summed E-state index contributed by atoms with van der Waals surface area (Å²) in [5.41, 5.74) is 0. The smallest absolute Gasteiger partial charge is 0.0599 e. The Bertz CT molecular complexity index is 321. The van der Waals surface area contributed by atoms with Gasteiger partial charge in [0, 0.05) is 41.0 Å². The van der Waals surface area contributed by atoms with E-state index in [9.17, 15) is 0 Å². The van der Waals surface area contributed by atoms with Crippen LogP contribution in [0, 0.1) is 0 Å². The third-order valence-electron chi connectivity index (χ3n) is 2.94. The molecular weight excluding hydrogens is 286 g/mol. The van der Waals surface area contributed by atoms with E-state index in [0.717, 1.165) is 13.2 Å². The summed E-state index contributed by atoms with van der Waals surface area (Å²) in [4.78, 5) is 3.97. The quantitative estimate of drug-likeness (QED) is 0.844. The second-order valence-electron chi connectivity index (χ2n) is 4.16. The van der Waals surface area contributed by atoms with E-state index in [4.69, 9.17) is 4.74 Å². The largest absolute Gasteiger partial charge is 0.378 e. The number of nitrogens with zero attached hydrogens (tertiary/aromatic N) is 1. The summed E-state index contributed by atoms with van der Waals surface area (Å²) >= 11 is 5.33. The third-order valence-corrected chi connectivity index (χ3v) is 4.62. The first kappa shape index (κ1) is 12.6. The molecule has 0 amide bonds. The fraction of sp³-hybridized carbons (Fsp3) is 0.667. The van der Waals surface area contributed by atoms with Crippen LogP contribution in [0.15, 0.2) is 15.9 Å². The Balaban J connectivity index is 1.77. The molecule has 2 heterocycles. The van der Waals surface area contributed by atoms with E-state index in [0.29, 0.717) is 6.10 Å². The van der Waals surface area contributed by atoms with Gasteiger partial charge >= 0.3 is 0 Å². The van der Waals surface area contributed by atoms with Crippen LogP contribution in [0.2, 0.25) is 0 Å². The maximum Gasteiger partial charge on any atom is 0.0599 e. The van der Waals surface area contributed by atoms with Crippen molar-refractivity contribution < 1.29 is 4.74 Å². The number of piperidine rings is 1. The van der Waals surface area contributed by atoms with Gasteiger partial charge in [-0.2, -0.15) is 0 Å². The van der Waals surface area contributed by atoms with Crippen LogP contribution >= 0.6 is 27.3 Å². The van der Waals surface area contributed by atoms with Crippen molar-refractivity contribution in [3.05, 3.63) is 20.8 Å². The van der Waals surface area contributed by atoms with Crippen LogP contribution in [0.4, 0.5) is 0 Å². The minimum Gasteiger partial charge on any atom is -0.378 e. The van der Waals surface area contributed by atoms with E-state index in [2.05, 4.69) is 39.2 Å². The zero-order valence-corrected chi connectivity index (χ0v) is 12.0. The van der Waals surface area contributed by atoms with Gasteiger partial charge in [-0.05, 0) is 41.8 Å². The topological polar surface area (TPSA) is 12.5 Å². The molecule has 0 aromatic carbocycles. The van der Waals surface area contributed by atoms with Crippen molar-refractivity contribution in [3.63, 3.8) is 0 Å². The van der Waals surface area contributed by atoms with Crippen LogP contribution in [0.5, 0.6) is 0 Å². The van der Waals surface area contributed by atoms with Crippen LogP contribution in [0.25, 0.3) is 0 Å². The Labute approximate surface area is 110 Å². The molecule has 16 heavy (non-hydrogen) atoms. The first-order chi connectivity index (χ1) is 7.78. The molecule has 0 bridgehead atoms. The number of ether oxygens (including phenoxy) is 1. The molecule has 0 saturated carbocycles. The number of hydrogen-bond donors (Lipinski definition) is 0. The monoisotopic (exact) mass is 303 g/mol. The van der Waals surface area contributed by atoms with Crippen molar-refractivity contribution >= 4 is 27.3 Å². The van der Waals surface area contributed by atoms with E-state index in [1.165, 1.54) is 35.3 Å². The number of thiophene rings is 1. The molecule has 4 heteroatoms. The summed E-state index contributed by atoms with van der Waals surface area (Å²) in [6, 6.07) is 2.22. The molecular formula is C12H18BrNOS. The average Bonchev–Trinajstić information content (AvgIpc) is 2.67. The average molecular weight is 304 g/mol. The minimum absolute atomic E-state index is 0.497. The van der Waals surface area contributed by atoms with E-state index in [-0.39, 0.29) is 0 Å². The SMILES string of the molecule is CCOC1CCN(Cc2cc(Br)cs2)CC1. The molecule has 2 rings (SSSR count). The predicted octanol–water partition coefficient (Wildman–Crippen LogP) is 3.51. The maximum absolute atomic E-state index is 5.65. The van der Waals surface area contributed by atoms with Crippen molar-refractivity contribution in [2.45, 2.75) is 32.4 Å². The van der Waals surface area contributed by atoms with Gasteiger partial charge < -0.3 is 4.74 Å². The Hall–Kier alpha value is 0.1000. The highest BCUT2D eigenvalue weighted by molar-refractivity contribution is 9.10. The molecule has 0 atom stereocenters. The molecule has 0 unspecified atom stereocenters. The lowest BCUT2D eigenvalue weighted by atomic mass is 10.1. The highest BCUT2D eigenvalue weighted by Gasteiger charge is 2.19. The summed E-state index contributed by atoms with van der Waals surface area (Å²) in [5.74, 6) is 0. The Kier molecular flexibility index (Phi) is 4.82. The number of halogens is 1. The van der Waals surface area contributed by atoms with Gasteiger partial charge in [0.1, 0.15) is 0 Å². The van der Waals surface area contributed by atoms with Gasteiger partial charge in [0.15, 0.2) is 0 Å². The molecule has 1 fully saturated rings. The van der Waals surface area contributed by atoms with Crippen LogP contribution in [0.1, 0.15) is 24.6 Å². The highest BCUT2D eigenvalue weighted by atomic mass is 79.9. The van der Waals surface area contributed by atoms with Crippen LogP contribution < -0.4 is 0 Å². The molecule has 2 nitrogen and oxygen atoms in total. The summed E-state index contributed by atoms with van der Waals surface area (Å²) in [6.45, 7) is 6.35. The van der Waals surface area contributed by atoms with Gasteiger partial charge in [-0.25, -0.2) is 0 Å². The lowest BCUT2D eigenvalue weighted by Gasteiger charge is -2.31. The van der Waals surface area contributed by atoms with Crippen LogP contribution in [-0.4, -0.2) is 30.7 Å². The first-order valence-corrected chi connectivity index (χ1v) is 7.52. The Morgan fingerprint density at radius 3 is 2.81 bits per heavy atom. The van der Waals surface area contributed by atoms with Crippen molar-refractivity contribution in [2.75, 3.05) is 19.7 Å². The van der Waals surface area contributed by atoms with Gasteiger partial charge in [-0.1, -0.05) is 0 Å². The van der Waals surface area contributed by atoms with Gasteiger partial charge in [-0.3, -0.25) is 4.90 Å².